The van der Waals surface area contributed by atoms with E-state index in [1.54, 1.807) is 12.1 Å². The summed E-state index contributed by atoms with van der Waals surface area (Å²) >= 11 is 0. The van der Waals surface area contributed by atoms with Gasteiger partial charge in [-0.15, -0.1) is 0 Å². The Morgan fingerprint density at radius 3 is 1.86 bits per heavy atom. The molecule has 0 aliphatic heterocycles. The summed E-state index contributed by atoms with van der Waals surface area (Å²) in [5.74, 6) is -1.01. The maximum atomic E-state index is 12.4. The molecule has 1 aliphatic carbocycles. The van der Waals surface area contributed by atoms with Crippen molar-refractivity contribution in [2.45, 2.75) is 4.90 Å². The number of rotatable bonds is 1. The minimum atomic E-state index is -4.58. The van der Waals surface area contributed by atoms with Gasteiger partial charge in [0.25, 0.3) is 10.1 Å². The predicted octanol–water partition coefficient (Wildman–Crippen LogP) is 1.06. The fourth-order valence-electron chi connectivity index (χ4n) is 2.33. The molecule has 1 N–H and O–H groups in total. The van der Waals surface area contributed by atoms with Gasteiger partial charge in [-0.3, -0.25) is 14.1 Å². The van der Waals surface area contributed by atoms with E-state index in [-0.39, 0.29) is 51.8 Å². The molecule has 5 nitrogen and oxygen atoms in total. The van der Waals surface area contributed by atoms with Crippen LogP contribution < -0.4 is 0 Å². The Labute approximate surface area is 143 Å². The Morgan fingerprint density at radius 2 is 1.29 bits per heavy atom. The van der Waals surface area contributed by atoms with Crippen molar-refractivity contribution in [3.05, 3.63) is 64.7 Å². The van der Waals surface area contributed by atoms with Crippen molar-refractivity contribution in [2.24, 2.45) is 0 Å². The van der Waals surface area contributed by atoms with Gasteiger partial charge >= 0.3 is 29.6 Å². The van der Waals surface area contributed by atoms with Crippen LogP contribution in [0, 0.1) is 0 Å². The zero-order valence-corrected chi connectivity index (χ0v) is 10.8. The average molecular weight is 312 g/mol. The van der Waals surface area contributed by atoms with Crippen molar-refractivity contribution < 1.29 is 22.6 Å². The first-order valence-corrected chi connectivity index (χ1v) is 7.14. The van der Waals surface area contributed by atoms with Gasteiger partial charge in [0, 0.05) is 16.7 Å². The molecule has 0 radical (unpaired) electrons. The molecular formula is C14H9NaO5S. The first-order chi connectivity index (χ1) is 9.41. The van der Waals surface area contributed by atoms with Gasteiger partial charge in [-0.25, -0.2) is 0 Å². The molecule has 0 saturated heterocycles. The molecule has 0 aromatic heterocycles. The van der Waals surface area contributed by atoms with Crippen molar-refractivity contribution >= 4 is 51.2 Å². The summed E-state index contributed by atoms with van der Waals surface area (Å²) in [7, 11) is -4.58. The summed E-state index contributed by atoms with van der Waals surface area (Å²) in [6.07, 6.45) is 0. The number of benzene rings is 2. The number of fused-ring (bicyclic) bond motifs is 2. The molecule has 0 amide bonds. The number of ketones is 2. The fourth-order valence-corrected chi connectivity index (χ4v) is 3.04. The summed E-state index contributed by atoms with van der Waals surface area (Å²) in [6.45, 7) is 0. The molecular weight excluding hydrogens is 303 g/mol. The van der Waals surface area contributed by atoms with E-state index in [4.69, 9.17) is 0 Å². The van der Waals surface area contributed by atoms with E-state index in [0.717, 1.165) is 6.07 Å². The van der Waals surface area contributed by atoms with Crippen LogP contribution in [0.25, 0.3) is 0 Å². The summed E-state index contributed by atoms with van der Waals surface area (Å²) in [5.41, 5.74) is 0.0983. The minimum absolute atomic E-state index is 0. The Hall–Kier alpha value is -1.31. The van der Waals surface area contributed by atoms with Crippen LogP contribution in [0.2, 0.25) is 0 Å². The average Bonchev–Trinajstić information content (AvgIpc) is 2.43. The van der Waals surface area contributed by atoms with Crippen molar-refractivity contribution in [1.82, 2.24) is 0 Å². The maximum absolute atomic E-state index is 12.4. The van der Waals surface area contributed by atoms with Crippen LogP contribution in [0.5, 0.6) is 0 Å². The zero-order valence-electron chi connectivity index (χ0n) is 10.0. The molecule has 7 heteroatoms. The molecule has 0 bridgehead atoms. The van der Waals surface area contributed by atoms with Crippen LogP contribution in [-0.4, -0.2) is 54.1 Å². The van der Waals surface area contributed by atoms with Gasteiger partial charge < -0.3 is 0 Å². The SMILES string of the molecule is O=C1c2ccccc2C(=O)c2c1cccc2S(=O)(=O)O.[NaH]. The van der Waals surface area contributed by atoms with E-state index in [1.807, 2.05) is 0 Å². The molecule has 3 rings (SSSR count). The number of carbonyl (C=O) groups excluding carboxylic acids is 2. The summed E-state index contributed by atoms with van der Waals surface area (Å²) < 4.78 is 31.9. The van der Waals surface area contributed by atoms with E-state index in [1.165, 1.54) is 24.3 Å². The van der Waals surface area contributed by atoms with Crippen LogP contribution in [0.3, 0.4) is 0 Å². The topological polar surface area (TPSA) is 88.5 Å². The third kappa shape index (κ3) is 2.49. The Kier molecular flexibility index (Phi) is 4.19. The molecule has 2 aromatic carbocycles. The van der Waals surface area contributed by atoms with Crippen molar-refractivity contribution in [3.8, 4) is 0 Å². The van der Waals surface area contributed by atoms with Gasteiger partial charge in [0.05, 0.1) is 5.56 Å². The molecule has 0 spiro atoms. The second-order valence-electron chi connectivity index (χ2n) is 4.36. The first-order valence-electron chi connectivity index (χ1n) is 5.70. The summed E-state index contributed by atoms with van der Waals surface area (Å²) in [5, 5.41) is 0. The van der Waals surface area contributed by atoms with Gasteiger partial charge in [0.2, 0.25) is 0 Å². The van der Waals surface area contributed by atoms with E-state index in [2.05, 4.69) is 0 Å². The van der Waals surface area contributed by atoms with E-state index < -0.39 is 26.6 Å². The normalized spacial score (nSPS) is 13.2. The van der Waals surface area contributed by atoms with Crippen molar-refractivity contribution in [2.75, 3.05) is 0 Å². The molecule has 0 saturated carbocycles. The van der Waals surface area contributed by atoms with Crippen LogP contribution >= 0.6 is 0 Å². The third-order valence-corrected chi connectivity index (χ3v) is 4.09. The summed E-state index contributed by atoms with van der Waals surface area (Å²) in [6, 6.07) is 9.99. The van der Waals surface area contributed by atoms with Gasteiger partial charge in [0.15, 0.2) is 11.6 Å². The molecule has 0 atom stereocenters. The summed E-state index contributed by atoms with van der Waals surface area (Å²) in [4.78, 5) is 24.2. The molecule has 0 fully saturated rings. The predicted molar refractivity (Wildman–Crippen MR) is 76.7 cm³/mol. The van der Waals surface area contributed by atoms with Crippen molar-refractivity contribution in [3.63, 3.8) is 0 Å². The molecule has 21 heavy (non-hydrogen) atoms. The third-order valence-electron chi connectivity index (χ3n) is 3.19. The Balaban J connectivity index is 0.00000161. The van der Waals surface area contributed by atoms with Crippen LogP contribution in [-0.2, 0) is 10.1 Å². The van der Waals surface area contributed by atoms with Gasteiger partial charge in [-0.05, 0) is 6.07 Å². The van der Waals surface area contributed by atoms with Crippen molar-refractivity contribution in [1.29, 1.82) is 0 Å². The molecule has 0 heterocycles. The Morgan fingerprint density at radius 1 is 0.762 bits per heavy atom. The number of hydrogen-bond acceptors (Lipinski definition) is 4. The van der Waals surface area contributed by atoms with Crippen LogP contribution in [0.15, 0.2) is 47.4 Å². The number of carbonyl (C=O) groups is 2. The second kappa shape index (κ2) is 5.47. The zero-order chi connectivity index (χ0) is 14.5. The fraction of sp³-hybridized carbons (Fsp3) is 0. The molecule has 0 unspecified atom stereocenters. The van der Waals surface area contributed by atoms with Crippen LogP contribution in [0.4, 0.5) is 0 Å². The quantitative estimate of drug-likeness (QED) is 0.536. The van der Waals surface area contributed by atoms with Gasteiger partial charge in [-0.2, -0.15) is 8.42 Å². The Bertz CT molecular complexity index is 871. The van der Waals surface area contributed by atoms with E-state index in [0.29, 0.717) is 0 Å². The second-order valence-corrected chi connectivity index (χ2v) is 5.75. The molecule has 2 aromatic rings. The van der Waals surface area contributed by atoms with E-state index >= 15 is 0 Å². The van der Waals surface area contributed by atoms with Gasteiger partial charge in [-0.1, -0.05) is 36.4 Å². The molecule has 1 aliphatic rings. The van der Waals surface area contributed by atoms with E-state index in [9.17, 15) is 22.6 Å². The molecule has 102 valence electrons. The van der Waals surface area contributed by atoms with Gasteiger partial charge in [0.1, 0.15) is 4.90 Å². The standard InChI is InChI=1S/C14H8O5S.Na.H/c15-13-8-4-1-2-5-9(8)14(16)12-10(13)6-3-7-11(12)20(17,18)19;;/h1-7H,(H,17,18,19);;. The number of hydrogen-bond donors (Lipinski definition) is 1. The first kappa shape index (κ1) is 16.1. The monoisotopic (exact) mass is 312 g/mol. The van der Waals surface area contributed by atoms with Crippen LogP contribution in [0.1, 0.15) is 31.8 Å².